The summed E-state index contributed by atoms with van der Waals surface area (Å²) in [5.41, 5.74) is 7.27. The van der Waals surface area contributed by atoms with Crippen molar-refractivity contribution >= 4 is 11.2 Å². The van der Waals surface area contributed by atoms with Gasteiger partial charge in [-0.3, -0.25) is 4.98 Å². The van der Waals surface area contributed by atoms with Crippen molar-refractivity contribution in [3.8, 4) is 5.88 Å². The van der Waals surface area contributed by atoms with Crippen LogP contribution in [-0.4, -0.2) is 28.1 Å². The molecule has 3 rings (SSSR count). The monoisotopic (exact) mass is 272 g/mol. The first-order valence-corrected chi connectivity index (χ1v) is 7.27. The molecule has 0 radical (unpaired) electrons. The Morgan fingerprint density at radius 2 is 1.90 bits per heavy atom. The van der Waals surface area contributed by atoms with Crippen molar-refractivity contribution in [1.82, 2.24) is 15.0 Å². The van der Waals surface area contributed by atoms with Crippen molar-refractivity contribution in [3.63, 3.8) is 0 Å². The summed E-state index contributed by atoms with van der Waals surface area (Å²) in [5.74, 6) is 1.76. The van der Waals surface area contributed by atoms with Gasteiger partial charge in [0.1, 0.15) is 5.52 Å². The Morgan fingerprint density at radius 3 is 2.75 bits per heavy atom. The first kappa shape index (κ1) is 13.2. The van der Waals surface area contributed by atoms with Crippen LogP contribution < -0.4 is 10.5 Å². The van der Waals surface area contributed by atoms with Gasteiger partial charge in [0.2, 0.25) is 5.88 Å². The molecule has 1 aliphatic rings. The molecule has 0 aliphatic heterocycles. The highest BCUT2D eigenvalue weighted by Gasteiger charge is 2.24. The van der Waals surface area contributed by atoms with Gasteiger partial charge in [0.15, 0.2) is 5.65 Å². The Hall–Kier alpha value is -1.75. The molecule has 106 valence electrons. The van der Waals surface area contributed by atoms with Crippen LogP contribution in [0.15, 0.2) is 24.5 Å². The second kappa shape index (κ2) is 6.13. The normalized spacial score (nSPS) is 22.9. The average Bonchev–Trinajstić information content (AvgIpc) is 2.53. The third kappa shape index (κ3) is 2.88. The maximum Gasteiger partial charge on any atom is 0.215 e. The van der Waals surface area contributed by atoms with Gasteiger partial charge >= 0.3 is 0 Å². The number of rotatable bonds is 4. The van der Waals surface area contributed by atoms with Gasteiger partial charge in [-0.25, -0.2) is 4.98 Å². The lowest BCUT2D eigenvalue weighted by molar-refractivity contribution is 0.150. The van der Waals surface area contributed by atoms with Crippen LogP contribution in [0.4, 0.5) is 0 Å². The summed E-state index contributed by atoms with van der Waals surface area (Å²) in [5, 5.41) is 0. The number of aromatic nitrogens is 3. The van der Waals surface area contributed by atoms with E-state index >= 15 is 0 Å². The van der Waals surface area contributed by atoms with Gasteiger partial charge in [0.25, 0.3) is 0 Å². The molecule has 0 saturated heterocycles. The fourth-order valence-electron chi connectivity index (χ4n) is 2.92. The molecule has 1 aliphatic carbocycles. The Kier molecular flexibility index (Phi) is 4.06. The van der Waals surface area contributed by atoms with E-state index in [9.17, 15) is 0 Å². The molecule has 2 aromatic rings. The molecule has 0 bridgehead atoms. The van der Waals surface area contributed by atoms with Gasteiger partial charge in [-0.1, -0.05) is 12.8 Å². The van der Waals surface area contributed by atoms with Gasteiger partial charge in [0, 0.05) is 18.5 Å². The molecule has 2 N–H and O–H groups in total. The first-order chi connectivity index (χ1) is 9.86. The number of hydrogen-bond donors (Lipinski definition) is 1. The van der Waals surface area contributed by atoms with Crippen LogP contribution >= 0.6 is 0 Å². The van der Waals surface area contributed by atoms with Crippen molar-refractivity contribution in [2.45, 2.75) is 25.7 Å². The van der Waals surface area contributed by atoms with Crippen LogP contribution in [0.25, 0.3) is 11.2 Å². The van der Waals surface area contributed by atoms with Gasteiger partial charge in [-0.15, -0.1) is 0 Å². The topological polar surface area (TPSA) is 73.9 Å². The third-order valence-electron chi connectivity index (χ3n) is 4.12. The zero-order chi connectivity index (χ0) is 13.8. The summed E-state index contributed by atoms with van der Waals surface area (Å²) in [4.78, 5) is 12.8. The van der Waals surface area contributed by atoms with Crippen LogP contribution in [0, 0.1) is 11.8 Å². The second-order valence-corrected chi connectivity index (χ2v) is 5.40. The second-order valence-electron chi connectivity index (χ2n) is 5.40. The molecule has 2 unspecified atom stereocenters. The molecule has 2 aromatic heterocycles. The van der Waals surface area contributed by atoms with E-state index in [-0.39, 0.29) is 0 Å². The van der Waals surface area contributed by atoms with E-state index in [1.54, 1.807) is 12.4 Å². The van der Waals surface area contributed by atoms with Crippen molar-refractivity contribution in [2.24, 2.45) is 17.6 Å². The van der Waals surface area contributed by atoms with Crippen molar-refractivity contribution in [2.75, 3.05) is 13.2 Å². The first-order valence-electron chi connectivity index (χ1n) is 7.27. The minimum atomic E-state index is 0.549. The fourth-order valence-corrected chi connectivity index (χ4v) is 2.92. The highest BCUT2D eigenvalue weighted by molar-refractivity contribution is 5.69. The summed E-state index contributed by atoms with van der Waals surface area (Å²) in [6.07, 6.45) is 8.31. The molecular weight excluding hydrogens is 252 g/mol. The summed E-state index contributed by atoms with van der Waals surface area (Å²) in [6, 6.07) is 3.75. The van der Waals surface area contributed by atoms with E-state index in [1.807, 2.05) is 12.1 Å². The maximum atomic E-state index is 5.85. The van der Waals surface area contributed by atoms with Crippen LogP contribution in [0.2, 0.25) is 0 Å². The van der Waals surface area contributed by atoms with Crippen LogP contribution in [-0.2, 0) is 0 Å². The van der Waals surface area contributed by atoms with E-state index in [0.29, 0.717) is 30.0 Å². The SMILES string of the molecule is NCC1CCCCC1COc1ccc2nccnc2n1. The van der Waals surface area contributed by atoms with Crippen LogP contribution in [0.1, 0.15) is 25.7 Å². The van der Waals surface area contributed by atoms with Crippen molar-refractivity contribution < 1.29 is 4.74 Å². The van der Waals surface area contributed by atoms with Gasteiger partial charge in [-0.2, -0.15) is 4.98 Å². The Morgan fingerprint density at radius 1 is 1.10 bits per heavy atom. The lowest BCUT2D eigenvalue weighted by atomic mass is 9.80. The van der Waals surface area contributed by atoms with E-state index in [0.717, 1.165) is 12.1 Å². The smallest absolute Gasteiger partial charge is 0.215 e. The molecule has 2 heterocycles. The van der Waals surface area contributed by atoms with Crippen molar-refractivity contribution in [3.05, 3.63) is 24.5 Å². The minimum Gasteiger partial charge on any atom is -0.477 e. The quantitative estimate of drug-likeness (QED) is 0.923. The predicted molar refractivity (Wildman–Crippen MR) is 77.3 cm³/mol. The van der Waals surface area contributed by atoms with E-state index in [2.05, 4.69) is 15.0 Å². The van der Waals surface area contributed by atoms with Gasteiger partial charge in [0.05, 0.1) is 6.61 Å². The number of nitrogens with zero attached hydrogens (tertiary/aromatic N) is 3. The summed E-state index contributed by atoms with van der Waals surface area (Å²) < 4.78 is 5.85. The van der Waals surface area contributed by atoms with Crippen molar-refractivity contribution in [1.29, 1.82) is 0 Å². The Balaban J connectivity index is 1.67. The summed E-state index contributed by atoms with van der Waals surface area (Å²) in [6.45, 7) is 1.45. The third-order valence-corrected chi connectivity index (χ3v) is 4.12. The fraction of sp³-hybridized carbons (Fsp3) is 0.533. The standard InChI is InChI=1S/C15H20N4O/c16-9-11-3-1-2-4-12(11)10-20-14-6-5-13-15(19-14)18-8-7-17-13/h5-8,11-12H,1-4,9-10,16H2. The molecule has 5 nitrogen and oxygen atoms in total. The molecule has 0 spiro atoms. The van der Waals surface area contributed by atoms with E-state index in [1.165, 1.54) is 25.7 Å². The molecule has 0 amide bonds. The van der Waals surface area contributed by atoms with Crippen LogP contribution in [0.5, 0.6) is 5.88 Å². The Bertz CT molecular complexity index is 575. The molecular formula is C15H20N4O. The molecule has 20 heavy (non-hydrogen) atoms. The molecule has 0 aromatic carbocycles. The average molecular weight is 272 g/mol. The molecule has 1 saturated carbocycles. The van der Waals surface area contributed by atoms with Gasteiger partial charge in [-0.05, 0) is 37.3 Å². The van der Waals surface area contributed by atoms with E-state index in [4.69, 9.17) is 10.5 Å². The zero-order valence-corrected chi connectivity index (χ0v) is 11.5. The number of fused-ring (bicyclic) bond motifs is 1. The Labute approximate surface area is 118 Å². The molecule has 2 atom stereocenters. The number of pyridine rings is 1. The maximum absolute atomic E-state index is 5.85. The predicted octanol–water partition coefficient (Wildman–Crippen LogP) is 2.17. The number of nitrogens with two attached hydrogens (primary N) is 1. The van der Waals surface area contributed by atoms with E-state index < -0.39 is 0 Å². The molecule has 5 heteroatoms. The molecule has 1 fully saturated rings. The minimum absolute atomic E-state index is 0.549. The highest BCUT2D eigenvalue weighted by Crippen LogP contribution is 2.29. The lowest BCUT2D eigenvalue weighted by Crippen LogP contribution is -2.30. The summed E-state index contributed by atoms with van der Waals surface area (Å²) in [7, 11) is 0. The largest absolute Gasteiger partial charge is 0.477 e. The number of hydrogen-bond acceptors (Lipinski definition) is 5. The zero-order valence-electron chi connectivity index (χ0n) is 11.5. The summed E-state index contributed by atoms with van der Waals surface area (Å²) >= 11 is 0. The highest BCUT2D eigenvalue weighted by atomic mass is 16.5. The lowest BCUT2D eigenvalue weighted by Gasteiger charge is -2.30. The van der Waals surface area contributed by atoms with Gasteiger partial charge < -0.3 is 10.5 Å². The van der Waals surface area contributed by atoms with Crippen LogP contribution in [0.3, 0.4) is 0 Å². The number of ether oxygens (including phenoxy) is 1.